The Balaban J connectivity index is 1.75. The third-order valence-electron chi connectivity index (χ3n) is 5.04. The standard InChI is InChI=1S/C19H17ClN8O4S/c1-25-12-13(26(2)19(32)27(3)16(12)31)22-17(25)24-21-8-11-14(29)23-18(33)28(15(11)30)10-6-4-9(20)5-7-10/h4-8,30H,1-3H3,(H,22,24)(H,23,29,33)/b21-8-. The van der Waals surface area contributed by atoms with Crippen molar-refractivity contribution in [1.29, 1.82) is 0 Å². The van der Waals surface area contributed by atoms with E-state index in [9.17, 15) is 19.5 Å². The maximum Gasteiger partial charge on any atom is 0.332 e. The first-order valence-electron chi connectivity index (χ1n) is 9.37. The van der Waals surface area contributed by atoms with Gasteiger partial charge in [0.05, 0.1) is 11.9 Å². The van der Waals surface area contributed by atoms with Crippen LogP contribution in [0.1, 0.15) is 5.56 Å². The van der Waals surface area contributed by atoms with Crippen molar-refractivity contribution in [3.63, 3.8) is 0 Å². The first kappa shape index (κ1) is 22.2. The van der Waals surface area contributed by atoms with Crippen LogP contribution in [0.25, 0.3) is 16.9 Å². The maximum absolute atomic E-state index is 12.5. The summed E-state index contributed by atoms with van der Waals surface area (Å²) in [5.74, 6) is -0.293. The highest BCUT2D eigenvalue weighted by Gasteiger charge is 2.17. The molecule has 0 bridgehead atoms. The van der Waals surface area contributed by atoms with Crippen LogP contribution >= 0.6 is 23.8 Å². The van der Waals surface area contributed by atoms with Crippen LogP contribution < -0.4 is 22.2 Å². The molecule has 1 aromatic carbocycles. The zero-order valence-electron chi connectivity index (χ0n) is 17.5. The van der Waals surface area contributed by atoms with Crippen LogP contribution in [0.2, 0.25) is 5.02 Å². The average molecular weight is 489 g/mol. The first-order chi connectivity index (χ1) is 15.6. The maximum atomic E-state index is 12.5. The monoisotopic (exact) mass is 488 g/mol. The van der Waals surface area contributed by atoms with E-state index in [0.717, 1.165) is 10.8 Å². The van der Waals surface area contributed by atoms with Crippen LogP contribution in [-0.4, -0.2) is 39.6 Å². The summed E-state index contributed by atoms with van der Waals surface area (Å²) in [7, 11) is 4.44. The van der Waals surface area contributed by atoms with Crippen molar-refractivity contribution >= 4 is 47.1 Å². The predicted molar refractivity (Wildman–Crippen MR) is 126 cm³/mol. The first-order valence-corrected chi connectivity index (χ1v) is 10.2. The summed E-state index contributed by atoms with van der Waals surface area (Å²) in [6.45, 7) is 0. The van der Waals surface area contributed by atoms with E-state index in [4.69, 9.17) is 23.8 Å². The van der Waals surface area contributed by atoms with Gasteiger partial charge in [-0.2, -0.15) is 10.1 Å². The SMILES string of the molecule is Cn1c(=O)c2c(nc(N/N=C\c3c(O)n(-c4ccc(Cl)cc4)c(=S)[nH]c3=O)n2C)n(C)c1=O. The Morgan fingerprint density at radius 1 is 1.12 bits per heavy atom. The quantitative estimate of drug-likeness (QED) is 0.220. The van der Waals surface area contributed by atoms with Gasteiger partial charge >= 0.3 is 5.69 Å². The minimum Gasteiger partial charge on any atom is -0.494 e. The van der Waals surface area contributed by atoms with Gasteiger partial charge in [-0.05, 0) is 36.5 Å². The van der Waals surface area contributed by atoms with Gasteiger partial charge in [-0.1, -0.05) is 11.6 Å². The van der Waals surface area contributed by atoms with Crippen molar-refractivity contribution in [3.8, 4) is 11.6 Å². The number of aromatic nitrogens is 6. The molecule has 3 N–H and O–H groups in total. The summed E-state index contributed by atoms with van der Waals surface area (Å²) in [5.41, 5.74) is 1.59. The molecule has 0 fully saturated rings. The van der Waals surface area contributed by atoms with Crippen LogP contribution in [0.3, 0.4) is 0 Å². The molecule has 0 aliphatic rings. The molecule has 3 aromatic heterocycles. The molecule has 4 rings (SSSR count). The number of hydrogen-bond acceptors (Lipinski definition) is 8. The fourth-order valence-electron chi connectivity index (χ4n) is 3.26. The van der Waals surface area contributed by atoms with Gasteiger partial charge in [0, 0.05) is 26.2 Å². The number of hydrogen-bond donors (Lipinski definition) is 3. The summed E-state index contributed by atoms with van der Waals surface area (Å²) in [5, 5.41) is 15.2. The van der Waals surface area contributed by atoms with Gasteiger partial charge in [0.2, 0.25) is 11.8 Å². The Labute approximate surface area is 194 Å². The number of aromatic hydroxyl groups is 1. The van der Waals surface area contributed by atoms with E-state index in [1.165, 1.54) is 27.8 Å². The second kappa shape index (κ2) is 8.18. The largest absolute Gasteiger partial charge is 0.494 e. The molecule has 0 unspecified atom stereocenters. The van der Waals surface area contributed by atoms with E-state index in [-0.39, 0.29) is 27.4 Å². The smallest absolute Gasteiger partial charge is 0.332 e. The lowest BCUT2D eigenvalue weighted by molar-refractivity contribution is 0.432. The summed E-state index contributed by atoms with van der Waals surface area (Å²) in [4.78, 5) is 43.7. The summed E-state index contributed by atoms with van der Waals surface area (Å²) in [6.07, 6.45) is 1.09. The average Bonchev–Trinajstić information content (AvgIpc) is 3.10. The van der Waals surface area contributed by atoms with Crippen LogP contribution in [-0.2, 0) is 21.1 Å². The van der Waals surface area contributed by atoms with E-state index in [0.29, 0.717) is 10.7 Å². The van der Waals surface area contributed by atoms with Crippen LogP contribution in [0.4, 0.5) is 5.95 Å². The summed E-state index contributed by atoms with van der Waals surface area (Å²) < 4.78 is 4.87. The third kappa shape index (κ3) is 3.66. The molecule has 0 aliphatic carbocycles. The molecule has 3 heterocycles. The fourth-order valence-corrected chi connectivity index (χ4v) is 3.67. The molecule has 14 heteroatoms. The summed E-state index contributed by atoms with van der Waals surface area (Å²) in [6, 6.07) is 6.48. The topological polar surface area (TPSA) is 144 Å². The highest BCUT2D eigenvalue weighted by Crippen LogP contribution is 2.20. The van der Waals surface area contributed by atoms with Crippen molar-refractivity contribution in [2.75, 3.05) is 5.43 Å². The Morgan fingerprint density at radius 2 is 1.79 bits per heavy atom. The molecular weight excluding hydrogens is 472 g/mol. The van der Waals surface area contributed by atoms with Gasteiger partial charge < -0.3 is 9.67 Å². The molecule has 170 valence electrons. The van der Waals surface area contributed by atoms with Crippen LogP contribution in [0, 0.1) is 4.77 Å². The third-order valence-corrected chi connectivity index (χ3v) is 5.58. The normalized spacial score (nSPS) is 11.5. The van der Waals surface area contributed by atoms with Gasteiger partial charge in [-0.15, -0.1) is 0 Å². The Bertz CT molecular complexity index is 1670. The minimum atomic E-state index is -0.658. The highest BCUT2D eigenvalue weighted by molar-refractivity contribution is 7.71. The number of aromatic amines is 1. The number of hydrazone groups is 1. The van der Waals surface area contributed by atoms with Gasteiger partial charge in [-0.3, -0.25) is 28.3 Å². The molecule has 4 aromatic rings. The number of fused-ring (bicyclic) bond motifs is 1. The van der Waals surface area contributed by atoms with Crippen molar-refractivity contribution in [2.24, 2.45) is 26.2 Å². The second-order valence-electron chi connectivity index (χ2n) is 7.05. The number of nitrogens with zero attached hydrogens (tertiary/aromatic N) is 6. The second-order valence-corrected chi connectivity index (χ2v) is 7.87. The fraction of sp³-hybridized carbons (Fsp3) is 0.158. The number of benzene rings is 1. The highest BCUT2D eigenvalue weighted by atomic mass is 35.5. The molecule has 33 heavy (non-hydrogen) atoms. The van der Waals surface area contributed by atoms with Crippen LogP contribution in [0.15, 0.2) is 43.8 Å². The number of aryl methyl sites for hydroxylation is 2. The lowest BCUT2D eigenvalue weighted by Gasteiger charge is -2.11. The van der Waals surface area contributed by atoms with Crippen LogP contribution in [0.5, 0.6) is 5.88 Å². The zero-order valence-corrected chi connectivity index (χ0v) is 19.1. The summed E-state index contributed by atoms with van der Waals surface area (Å²) >= 11 is 11.1. The van der Waals surface area contributed by atoms with Crippen molar-refractivity contribution in [1.82, 2.24) is 28.2 Å². The van der Waals surface area contributed by atoms with Crippen molar-refractivity contribution in [2.45, 2.75) is 0 Å². The van der Waals surface area contributed by atoms with Gasteiger partial charge in [-0.25, -0.2) is 10.2 Å². The Hall–Kier alpha value is -3.97. The van der Waals surface area contributed by atoms with Crippen molar-refractivity contribution < 1.29 is 5.11 Å². The number of halogens is 1. The lowest BCUT2D eigenvalue weighted by atomic mass is 10.3. The Morgan fingerprint density at radius 3 is 2.45 bits per heavy atom. The van der Waals surface area contributed by atoms with Gasteiger partial charge in [0.25, 0.3) is 11.1 Å². The van der Waals surface area contributed by atoms with Gasteiger partial charge in [0.1, 0.15) is 5.56 Å². The molecule has 0 spiro atoms. The lowest BCUT2D eigenvalue weighted by Crippen LogP contribution is -2.37. The molecule has 0 saturated heterocycles. The molecular formula is C19H17ClN8O4S. The number of anilines is 1. The Kier molecular flexibility index (Phi) is 5.51. The predicted octanol–water partition coefficient (Wildman–Crippen LogP) is 0.984. The zero-order chi connectivity index (χ0) is 24.0. The van der Waals surface area contributed by atoms with E-state index in [2.05, 4.69) is 20.5 Å². The van der Waals surface area contributed by atoms with Crippen molar-refractivity contribution in [3.05, 3.63) is 70.8 Å². The molecule has 0 amide bonds. The molecule has 0 radical (unpaired) electrons. The number of nitrogens with one attached hydrogen (secondary N) is 2. The minimum absolute atomic E-state index is 0.0166. The molecule has 0 saturated carbocycles. The van der Waals surface area contributed by atoms with E-state index < -0.39 is 22.7 Å². The molecule has 0 aliphatic heterocycles. The van der Waals surface area contributed by atoms with E-state index in [1.54, 1.807) is 31.3 Å². The van der Waals surface area contributed by atoms with E-state index in [1.807, 2.05) is 0 Å². The van der Waals surface area contributed by atoms with Gasteiger partial charge in [0.15, 0.2) is 15.9 Å². The molecule has 12 nitrogen and oxygen atoms in total. The number of imidazole rings is 1. The number of rotatable bonds is 4. The van der Waals surface area contributed by atoms with E-state index >= 15 is 0 Å². The molecule has 0 atom stereocenters. The number of H-pyrrole nitrogens is 1.